The molecule has 33 heavy (non-hydrogen) atoms. The van der Waals surface area contributed by atoms with E-state index in [2.05, 4.69) is 16.0 Å². The van der Waals surface area contributed by atoms with Crippen LogP contribution in [0.25, 0.3) is 0 Å². The number of carbonyl (C=O) groups is 4. The third-order valence-corrected chi connectivity index (χ3v) is 4.98. The van der Waals surface area contributed by atoms with Gasteiger partial charge in [0.15, 0.2) is 0 Å². The second-order valence-corrected chi connectivity index (χ2v) is 7.86. The number of hydrogen-bond donors (Lipinski definition) is 5. The smallest absolute Gasteiger partial charge is 0.326 e. The number of carboxylic acid groups (broad SMARTS) is 1. The second kappa shape index (κ2) is 12.4. The molecule has 0 aromatic heterocycles. The zero-order valence-electron chi connectivity index (χ0n) is 18.7. The Bertz CT molecular complexity index is 950. The Kier molecular flexibility index (Phi) is 9.56. The van der Waals surface area contributed by atoms with Crippen LogP contribution in [0.2, 0.25) is 0 Å². The molecule has 2 aromatic carbocycles. The first-order valence-corrected chi connectivity index (χ1v) is 10.6. The van der Waals surface area contributed by atoms with E-state index >= 15 is 0 Å². The van der Waals surface area contributed by atoms with E-state index in [0.717, 1.165) is 11.1 Å². The molecular weight excluding hydrogens is 424 g/mol. The summed E-state index contributed by atoms with van der Waals surface area (Å²) in [4.78, 5) is 49.3. The van der Waals surface area contributed by atoms with Gasteiger partial charge in [-0.05, 0) is 25.0 Å². The minimum absolute atomic E-state index is 0.0920. The Morgan fingerprint density at radius 3 is 1.64 bits per heavy atom. The van der Waals surface area contributed by atoms with Crippen molar-refractivity contribution in [1.29, 1.82) is 0 Å². The highest BCUT2D eigenvalue weighted by atomic mass is 16.4. The van der Waals surface area contributed by atoms with Crippen LogP contribution in [0.15, 0.2) is 60.7 Å². The van der Waals surface area contributed by atoms with Crippen LogP contribution < -0.4 is 21.7 Å². The average molecular weight is 455 g/mol. The van der Waals surface area contributed by atoms with Crippen molar-refractivity contribution in [2.45, 2.75) is 50.9 Å². The predicted molar refractivity (Wildman–Crippen MR) is 123 cm³/mol. The molecule has 9 heteroatoms. The number of amides is 3. The lowest BCUT2D eigenvalue weighted by molar-refractivity contribution is -0.142. The van der Waals surface area contributed by atoms with Crippen molar-refractivity contribution in [3.63, 3.8) is 0 Å². The van der Waals surface area contributed by atoms with Crippen molar-refractivity contribution in [3.8, 4) is 0 Å². The molecule has 0 radical (unpaired) electrons. The molecule has 0 saturated heterocycles. The lowest BCUT2D eigenvalue weighted by atomic mass is 10.0. The number of hydrogen-bond acceptors (Lipinski definition) is 5. The van der Waals surface area contributed by atoms with E-state index in [9.17, 15) is 24.3 Å². The molecular formula is C24H30N4O5. The lowest BCUT2D eigenvalue weighted by Gasteiger charge is -2.24. The van der Waals surface area contributed by atoms with Gasteiger partial charge in [-0.3, -0.25) is 14.4 Å². The molecule has 3 amide bonds. The number of aliphatic carboxylic acids is 1. The van der Waals surface area contributed by atoms with Crippen LogP contribution in [-0.4, -0.2) is 53.0 Å². The van der Waals surface area contributed by atoms with Crippen LogP contribution in [-0.2, 0) is 32.0 Å². The highest BCUT2D eigenvalue weighted by Crippen LogP contribution is 2.07. The van der Waals surface area contributed by atoms with Crippen LogP contribution in [0.1, 0.15) is 25.0 Å². The molecule has 176 valence electrons. The SMILES string of the molecule is CC(N)C(=O)NC(C)C(=O)NC(Cc1ccccc1)C(=O)NC(Cc1ccccc1)C(=O)O. The van der Waals surface area contributed by atoms with Gasteiger partial charge < -0.3 is 26.8 Å². The molecule has 4 atom stereocenters. The molecule has 4 unspecified atom stereocenters. The van der Waals surface area contributed by atoms with Crippen molar-refractivity contribution in [2.75, 3.05) is 0 Å². The van der Waals surface area contributed by atoms with Crippen molar-refractivity contribution >= 4 is 23.7 Å². The summed E-state index contributed by atoms with van der Waals surface area (Å²) in [5.74, 6) is -2.92. The Labute approximate surface area is 192 Å². The van der Waals surface area contributed by atoms with Crippen molar-refractivity contribution in [1.82, 2.24) is 16.0 Å². The molecule has 0 spiro atoms. The fraction of sp³-hybridized carbons (Fsp3) is 0.333. The fourth-order valence-corrected chi connectivity index (χ4v) is 3.09. The van der Waals surface area contributed by atoms with Gasteiger partial charge in [-0.2, -0.15) is 0 Å². The Balaban J connectivity index is 2.15. The number of benzene rings is 2. The van der Waals surface area contributed by atoms with Gasteiger partial charge in [-0.1, -0.05) is 60.7 Å². The molecule has 0 heterocycles. The maximum absolute atomic E-state index is 13.0. The number of carboxylic acids is 1. The van der Waals surface area contributed by atoms with E-state index in [-0.39, 0.29) is 12.8 Å². The molecule has 0 aliphatic rings. The number of carbonyl (C=O) groups excluding carboxylic acids is 3. The summed E-state index contributed by atoms with van der Waals surface area (Å²) in [6.45, 7) is 2.97. The minimum Gasteiger partial charge on any atom is -0.480 e. The maximum Gasteiger partial charge on any atom is 0.326 e. The minimum atomic E-state index is -1.19. The number of nitrogens with one attached hydrogen (secondary N) is 3. The van der Waals surface area contributed by atoms with Crippen LogP contribution in [0.5, 0.6) is 0 Å². The summed E-state index contributed by atoms with van der Waals surface area (Å²) < 4.78 is 0. The molecule has 0 fully saturated rings. The zero-order valence-corrected chi connectivity index (χ0v) is 18.7. The Morgan fingerprint density at radius 1 is 0.727 bits per heavy atom. The molecule has 0 bridgehead atoms. The van der Waals surface area contributed by atoms with Crippen LogP contribution in [0.3, 0.4) is 0 Å². The van der Waals surface area contributed by atoms with E-state index in [1.165, 1.54) is 13.8 Å². The van der Waals surface area contributed by atoms with Gasteiger partial charge in [0, 0.05) is 12.8 Å². The number of rotatable bonds is 11. The fourth-order valence-electron chi connectivity index (χ4n) is 3.09. The lowest BCUT2D eigenvalue weighted by Crippen LogP contribution is -2.57. The monoisotopic (exact) mass is 454 g/mol. The highest BCUT2D eigenvalue weighted by Gasteiger charge is 2.28. The molecule has 0 saturated carbocycles. The van der Waals surface area contributed by atoms with Crippen LogP contribution in [0, 0.1) is 0 Å². The quantitative estimate of drug-likeness (QED) is 0.331. The van der Waals surface area contributed by atoms with Gasteiger partial charge in [-0.15, -0.1) is 0 Å². The first-order valence-electron chi connectivity index (χ1n) is 10.6. The van der Waals surface area contributed by atoms with E-state index in [1.807, 2.05) is 12.1 Å². The van der Waals surface area contributed by atoms with Gasteiger partial charge in [0.2, 0.25) is 17.7 Å². The zero-order chi connectivity index (χ0) is 24.4. The first-order chi connectivity index (χ1) is 15.7. The van der Waals surface area contributed by atoms with Gasteiger partial charge in [0.1, 0.15) is 18.1 Å². The van der Waals surface area contributed by atoms with Crippen molar-refractivity contribution < 1.29 is 24.3 Å². The Hall–Kier alpha value is -3.72. The summed E-state index contributed by atoms with van der Waals surface area (Å²) >= 11 is 0. The van der Waals surface area contributed by atoms with Crippen molar-refractivity contribution in [2.24, 2.45) is 5.73 Å². The van der Waals surface area contributed by atoms with E-state index < -0.39 is 47.9 Å². The summed E-state index contributed by atoms with van der Waals surface area (Å²) in [6.07, 6.45) is 0.235. The first kappa shape index (κ1) is 25.5. The summed E-state index contributed by atoms with van der Waals surface area (Å²) in [6, 6.07) is 14.0. The third-order valence-electron chi connectivity index (χ3n) is 4.98. The second-order valence-electron chi connectivity index (χ2n) is 7.86. The molecule has 2 aromatic rings. The largest absolute Gasteiger partial charge is 0.480 e. The normalized spacial score (nSPS) is 14.3. The maximum atomic E-state index is 13.0. The van der Waals surface area contributed by atoms with E-state index in [0.29, 0.717) is 0 Å². The summed E-state index contributed by atoms with van der Waals surface area (Å²) in [7, 11) is 0. The summed E-state index contributed by atoms with van der Waals surface area (Å²) in [5.41, 5.74) is 7.05. The molecule has 9 nitrogen and oxygen atoms in total. The molecule has 0 aliphatic heterocycles. The summed E-state index contributed by atoms with van der Waals surface area (Å²) in [5, 5.41) is 17.2. The molecule has 0 aliphatic carbocycles. The Morgan fingerprint density at radius 2 is 1.18 bits per heavy atom. The van der Waals surface area contributed by atoms with Gasteiger partial charge in [0.25, 0.3) is 0 Å². The van der Waals surface area contributed by atoms with Gasteiger partial charge >= 0.3 is 5.97 Å². The van der Waals surface area contributed by atoms with Crippen LogP contribution in [0.4, 0.5) is 0 Å². The van der Waals surface area contributed by atoms with Gasteiger partial charge in [0.05, 0.1) is 6.04 Å². The topological polar surface area (TPSA) is 151 Å². The standard InChI is InChI=1S/C24H30N4O5/c1-15(25)21(29)26-16(2)22(30)27-19(13-17-9-5-3-6-10-17)23(31)28-20(24(32)33)14-18-11-7-4-8-12-18/h3-12,15-16,19-20H,13-14,25H2,1-2H3,(H,26,29)(H,27,30)(H,28,31)(H,32,33). The number of nitrogens with two attached hydrogens (primary N) is 1. The van der Waals surface area contributed by atoms with Crippen LogP contribution >= 0.6 is 0 Å². The average Bonchev–Trinajstić information content (AvgIpc) is 2.79. The highest BCUT2D eigenvalue weighted by molar-refractivity contribution is 5.94. The predicted octanol–water partition coefficient (Wildman–Crippen LogP) is 0.378. The van der Waals surface area contributed by atoms with E-state index in [4.69, 9.17) is 5.73 Å². The molecule has 6 N–H and O–H groups in total. The van der Waals surface area contributed by atoms with Gasteiger partial charge in [-0.25, -0.2) is 4.79 Å². The van der Waals surface area contributed by atoms with E-state index in [1.54, 1.807) is 48.5 Å². The van der Waals surface area contributed by atoms with Crippen molar-refractivity contribution in [3.05, 3.63) is 71.8 Å². The third kappa shape index (κ3) is 8.38. The molecule has 2 rings (SSSR count).